The zero-order valence-corrected chi connectivity index (χ0v) is 8.60. The van der Waals surface area contributed by atoms with Gasteiger partial charge in [0.25, 0.3) is 5.91 Å². The van der Waals surface area contributed by atoms with Crippen LogP contribution in [0.3, 0.4) is 0 Å². The number of rotatable bonds is 4. The third kappa shape index (κ3) is 2.93. The number of hydrazine groups is 1. The molecule has 5 heteroatoms. The summed E-state index contributed by atoms with van der Waals surface area (Å²) >= 11 is 0. The monoisotopic (exact) mass is 209 g/mol. The van der Waals surface area contributed by atoms with Crippen molar-refractivity contribution >= 4 is 11.6 Å². The Bertz CT molecular complexity index is 341. The van der Waals surface area contributed by atoms with Crippen molar-refractivity contribution in [1.82, 2.24) is 4.90 Å². The van der Waals surface area contributed by atoms with Gasteiger partial charge in [0.1, 0.15) is 0 Å². The second-order valence-corrected chi connectivity index (χ2v) is 3.18. The Kier molecular flexibility index (Phi) is 4.08. The number of nitrogen functional groups attached to an aromatic ring is 1. The van der Waals surface area contributed by atoms with E-state index in [1.807, 2.05) is 0 Å². The van der Waals surface area contributed by atoms with Crippen LogP contribution in [-0.4, -0.2) is 36.1 Å². The summed E-state index contributed by atoms with van der Waals surface area (Å²) in [6.07, 6.45) is 0. The lowest BCUT2D eigenvalue weighted by atomic mass is 10.2. The van der Waals surface area contributed by atoms with Crippen LogP contribution in [0.25, 0.3) is 0 Å². The first-order valence-corrected chi connectivity index (χ1v) is 4.62. The Morgan fingerprint density at radius 1 is 1.60 bits per heavy atom. The van der Waals surface area contributed by atoms with Gasteiger partial charge in [-0.05, 0) is 18.2 Å². The Labute approximate surface area is 88.5 Å². The average Bonchev–Trinajstić information content (AvgIpc) is 2.28. The molecule has 0 aromatic heterocycles. The van der Waals surface area contributed by atoms with Gasteiger partial charge in [0.2, 0.25) is 0 Å². The van der Waals surface area contributed by atoms with Gasteiger partial charge in [0.15, 0.2) is 0 Å². The number of carbonyl (C=O) groups excluding carboxylic acids is 1. The maximum Gasteiger partial charge on any atom is 0.253 e. The number of anilines is 1. The molecule has 5 nitrogen and oxygen atoms in total. The Balaban J connectivity index is 2.81. The number of hydrogen-bond donors (Lipinski definition) is 3. The maximum atomic E-state index is 11.7. The van der Waals surface area contributed by atoms with Crippen LogP contribution in [0.2, 0.25) is 0 Å². The fourth-order valence-corrected chi connectivity index (χ4v) is 1.21. The lowest BCUT2D eigenvalue weighted by molar-refractivity contribution is 0.0767. The molecule has 0 radical (unpaired) electrons. The van der Waals surface area contributed by atoms with E-state index in [2.05, 4.69) is 5.43 Å². The molecule has 15 heavy (non-hydrogen) atoms. The fraction of sp³-hybridized carbons (Fsp3) is 0.300. The predicted molar refractivity (Wildman–Crippen MR) is 58.3 cm³/mol. The highest BCUT2D eigenvalue weighted by atomic mass is 16.3. The lowest BCUT2D eigenvalue weighted by Gasteiger charge is -2.15. The molecule has 0 saturated heterocycles. The van der Waals surface area contributed by atoms with Crippen LogP contribution in [0.4, 0.5) is 5.69 Å². The van der Waals surface area contributed by atoms with Crippen LogP contribution in [0.15, 0.2) is 24.3 Å². The van der Waals surface area contributed by atoms with Gasteiger partial charge in [0.05, 0.1) is 6.61 Å². The van der Waals surface area contributed by atoms with E-state index in [4.69, 9.17) is 10.9 Å². The van der Waals surface area contributed by atoms with Gasteiger partial charge >= 0.3 is 0 Å². The SMILES string of the molecule is CN(CCO)C(=O)c1cccc(NN)c1. The summed E-state index contributed by atoms with van der Waals surface area (Å²) in [5.41, 5.74) is 3.69. The molecule has 0 aliphatic carbocycles. The number of aliphatic hydroxyl groups is 1. The molecule has 1 amide bonds. The number of aliphatic hydroxyl groups excluding tert-OH is 1. The molecule has 82 valence electrons. The highest BCUT2D eigenvalue weighted by Crippen LogP contribution is 2.10. The number of nitrogens with two attached hydrogens (primary N) is 1. The third-order valence-corrected chi connectivity index (χ3v) is 2.06. The summed E-state index contributed by atoms with van der Waals surface area (Å²) in [4.78, 5) is 13.2. The van der Waals surface area contributed by atoms with Crippen molar-refractivity contribution < 1.29 is 9.90 Å². The maximum absolute atomic E-state index is 11.7. The smallest absolute Gasteiger partial charge is 0.253 e. The Hall–Kier alpha value is -1.59. The van der Waals surface area contributed by atoms with E-state index < -0.39 is 0 Å². The fourth-order valence-electron chi connectivity index (χ4n) is 1.21. The van der Waals surface area contributed by atoms with Gasteiger partial charge in [-0.25, -0.2) is 0 Å². The van der Waals surface area contributed by atoms with Gasteiger partial charge in [-0.1, -0.05) is 6.07 Å². The van der Waals surface area contributed by atoms with Gasteiger partial charge in [0, 0.05) is 24.8 Å². The molecule has 4 N–H and O–H groups in total. The second-order valence-electron chi connectivity index (χ2n) is 3.18. The summed E-state index contributed by atoms with van der Waals surface area (Å²) in [6, 6.07) is 6.88. The van der Waals surface area contributed by atoms with Gasteiger partial charge < -0.3 is 15.4 Å². The number of likely N-dealkylation sites (N-methyl/N-ethyl adjacent to an activating group) is 1. The van der Waals surface area contributed by atoms with Crippen molar-refractivity contribution in [3.63, 3.8) is 0 Å². The highest BCUT2D eigenvalue weighted by molar-refractivity contribution is 5.94. The molecule has 1 rings (SSSR count). The topological polar surface area (TPSA) is 78.6 Å². The van der Waals surface area contributed by atoms with Crippen molar-refractivity contribution in [2.75, 3.05) is 25.6 Å². The minimum atomic E-state index is -0.138. The molecule has 0 saturated carbocycles. The van der Waals surface area contributed by atoms with Crippen LogP contribution in [0.1, 0.15) is 10.4 Å². The molecule has 1 aromatic rings. The molecule has 0 heterocycles. The molecular formula is C10H15N3O2. The number of carbonyl (C=O) groups is 1. The van der Waals surface area contributed by atoms with Crippen LogP contribution in [-0.2, 0) is 0 Å². The molecule has 0 fully saturated rings. The van der Waals surface area contributed by atoms with Gasteiger partial charge in [-0.15, -0.1) is 0 Å². The van der Waals surface area contributed by atoms with E-state index in [1.54, 1.807) is 31.3 Å². The highest BCUT2D eigenvalue weighted by Gasteiger charge is 2.10. The zero-order chi connectivity index (χ0) is 11.3. The van der Waals surface area contributed by atoms with E-state index in [9.17, 15) is 4.79 Å². The molecule has 1 aromatic carbocycles. The largest absolute Gasteiger partial charge is 0.395 e. The van der Waals surface area contributed by atoms with Crippen molar-refractivity contribution in [3.8, 4) is 0 Å². The molecular weight excluding hydrogens is 194 g/mol. The summed E-state index contributed by atoms with van der Waals surface area (Å²) in [7, 11) is 1.64. The van der Waals surface area contributed by atoms with E-state index >= 15 is 0 Å². The number of benzene rings is 1. The number of nitrogens with zero attached hydrogens (tertiary/aromatic N) is 1. The Morgan fingerprint density at radius 3 is 2.93 bits per heavy atom. The van der Waals surface area contributed by atoms with Crippen molar-refractivity contribution in [1.29, 1.82) is 0 Å². The summed E-state index contributed by atoms with van der Waals surface area (Å²) < 4.78 is 0. The Morgan fingerprint density at radius 2 is 2.33 bits per heavy atom. The summed E-state index contributed by atoms with van der Waals surface area (Å²) in [6.45, 7) is 0.274. The zero-order valence-electron chi connectivity index (χ0n) is 8.60. The van der Waals surface area contributed by atoms with Crippen LogP contribution in [0.5, 0.6) is 0 Å². The molecule has 0 aliphatic heterocycles. The minimum Gasteiger partial charge on any atom is -0.395 e. The quantitative estimate of drug-likeness (QED) is 0.483. The first kappa shape index (κ1) is 11.5. The molecule has 0 spiro atoms. The standard InChI is InChI=1S/C10H15N3O2/c1-13(5-6-14)10(15)8-3-2-4-9(7-8)12-11/h2-4,7,12,14H,5-6,11H2,1H3. The van der Waals surface area contributed by atoms with E-state index in [0.29, 0.717) is 17.8 Å². The predicted octanol–water partition coefficient (Wildman–Crippen LogP) is 0.0365. The number of nitrogens with one attached hydrogen (secondary N) is 1. The van der Waals surface area contributed by atoms with E-state index in [1.165, 1.54) is 4.90 Å². The van der Waals surface area contributed by atoms with E-state index in [-0.39, 0.29) is 12.5 Å². The first-order valence-electron chi connectivity index (χ1n) is 4.62. The molecule has 0 atom stereocenters. The molecule has 0 aliphatic rings. The third-order valence-electron chi connectivity index (χ3n) is 2.06. The molecule has 0 bridgehead atoms. The summed E-state index contributed by atoms with van der Waals surface area (Å²) in [5.74, 6) is 5.10. The van der Waals surface area contributed by atoms with Crippen molar-refractivity contribution in [2.24, 2.45) is 5.84 Å². The lowest BCUT2D eigenvalue weighted by Crippen LogP contribution is -2.29. The van der Waals surface area contributed by atoms with Crippen LogP contribution >= 0.6 is 0 Å². The first-order chi connectivity index (χ1) is 7.19. The average molecular weight is 209 g/mol. The van der Waals surface area contributed by atoms with Gasteiger partial charge in [-0.2, -0.15) is 0 Å². The van der Waals surface area contributed by atoms with Crippen molar-refractivity contribution in [3.05, 3.63) is 29.8 Å². The number of hydrogen-bond acceptors (Lipinski definition) is 4. The van der Waals surface area contributed by atoms with Crippen LogP contribution in [0, 0.1) is 0 Å². The van der Waals surface area contributed by atoms with E-state index in [0.717, 1.165) is 0 Å². The van der Waals surface area contributed by atoms with Crippen LogP contribution < -0.4 is 11.3 Å². The number of amides is 1. The normalized spacial score (nSPS) is 9.80. The van der Waals surface area contributed by atoms with Crippen molar-refractivity contribution in [2.45, 2.75) is 0 Å². The molecule has 0 unspecified atom stereocenters. The van der Waals surface area contributed by atoms with Gasteiger partial charge in [-0.3, -0.25) is 10.6 Å². The second kappa shape index (κ2) is 5.33. The summed E-state index contributed by atoms with van der Waals surface area (Å²) in [5, 5.41) is 8.71. The minimum absolute atomic E-state index is 0.0446.